The molecule has 1 heterocycles. The number of hydrogen-bond acceptors (Lipinski definition) is 5. The zero-order valence-corrected chi connectivity index (χ0v) is 11.8. The molecule has 6 heteroatoms. The minimum absolute atomic E-state index is 0.359. The van der Waals surface area contributed by atoms with Crippen molar-refractivity contribution in [1.29, 1.82) is 0 Å². The van der Waals surface area contributed by atoms with E-state index in [1.165, 1.54) is 4.68 Å². The molecule has 0 spiro atoms. The molecule has 0 unspecified atom stereocenters. The minimum Gasteiger partial charge on any atom is -0.493 e. The van der Waals surface area contributed by atoms with Crippen LogP contribution in [0.1, 0.15) is 18.2 Å². The molecule has 0 fully saturated rings. The SMILES string of the molecule is CCOc1cc(C=Nn2cc(C)nc2N)ccc1OC. The Labute approximate surface area is 117 Å². The molecule has 2 N–H and O–H groups in total. The molecule has 1 aromatic carbocycles. The number of imidazole rings is 1. The molecular formula is C14H18N4O2. The van der Waals surface area contributed by atoms with E-state index in [0.29, 0.717) is 24.1 Å². The summed E-state index contributed by atoms with van der Waals surface area (Å²) in [6.45, 7) is 4.36. The third kappa shape index (κ3) is 3.09. The summed E-state index contributed by atoms with van der Waals surface area (Å²) in [7, 11) is 1.61. The van der Waals surface area contributed by atoms with Crippen molar-refractivity contribution >= 4 is 12.2 Å². The van der Waals surface area contributed by atoms with Crippen molar-refractivity contribution in [1.82, 2.24) is 9.66 Å². The fraction of sp³-hybridized carbons (Fsp3) is 0.286. The Hall–Kier alpha value is -2.50. The van der Waals surface area contributed by atoms with Gasteiger partial charge in [-0.1, -0.05) is 0 Å². The average Bonchev–Trinajstić information content (AvgIpc) is 2.75. The van der Waals surface area contributed by atoms with Crippen LogP contribution in [0.3, 0.4) is 0 Å². The van der Waals surface area contributed by atoms with E-state index in [9.17, 15) is 0 Å². The number of hydrogen-bond donors (Lipinski definition) is 1. The molecule has 0 aliphatic heterocycles. The molecule has 0 saturated carbocycles. The largest absolute Gasteiger partial charge is 0.493 e. The number of benzene rings is 1. The maximum atomic E-state index is 5.72. The second-order valence-corrected chi connectivity index (χ2v) is 4.17. The van der Waals surface area contributed by atoms with Crippen LogP contribution in [0.5, 0.6) is 11.5 Å². The second-order valence-electron chi connectivity index (χ2n) is 4.17. The summed E-state index contributed by atoms with van der Waals surface area (Å²) in [6, 6.07) is 5.60. The van der Waals surface area contributed by atoms with Crippen molar-refractivity contribution in [2.75, 3.05) is 19.5 Å². The van der Waals surface area contributed by atoms with E-state index >= 15 is 0 Å². The maximum Gasteiger partial charge on any atom is 0.221 e. The zero-order valence-electron chi connectivity index (χ0n) is 11.8. The first kappa shape index (κ1) is 13.9. The minimum atomic E-state index is 0.359. The first-order chi connectivity index (χ1) is 9.63. The van der Waals surface area contributed by atoms with Crippen molar-refractivity contribution in [2.24, 2.45) is 5.10 Å². The van der Waals surface area contributed by atoms with Gasteiger partial charge in [-0.2, -0.15) is 5.10 Å². The Morgan fingerprint density at radius 2 is 2.20 bits per heavy atom. The van der Waals surface area contributed by atoms with Gasteiger partial charge < -0.3 is 15.2 Å². The summed E-state index contributed by atoms with van der Waals surface area (Å²) >= 11 is 0. The maximum absolute atomic E-state index is 5.72. The monoisotopic (exact) mass is 274 g/mol. The Kier molecular flexibility index (Phi) is 4.24. The molecule has 0 aliphatic rings. The fourth-order valence-corrected chi connectivity index (χ4v) is 1.77. The number of ether oxygens (including phenoxy) is 2. The molecule has 1 aromatic heterocycles. The molecule has 0 atom stereocenters. The highest BCUT2D eigenvalue weighted by Crippen LogP contribution is 2.27. The second kappa shape index (κ2) is 6.10. The summed E-state index contributed by atoms with van der Waals surface area (Å²) in [5.41, 5.74) is 7.43. The van der Waals surface area contributed by atoms with E-state index in [0.717, 1.165) is 11.3 Å². The van der Waals surface area contributed by atoms with Gasteiger partial charge in [-0.15, -0.1) is 0 Å². The lowest BCUT2D eigenvalue weighted by atomic mass is 10.2. The van der Waals surface area contributed by atoms with Crippen LogP contribution < -0.4 is 15.2 Å². The van der Waals surface area contributed by atoms with Gasteiger partial charge in [0.15, 0.2) is 11.5 Å². The summed E-state index contributed by atoms with van der Waals surface area (Å²) in [5.74, 6) is 1.74. The van der Waals surface area contributed by atoms with Crippen LogP contribution in [0, 0.1) is 6.92 Å². The predicted octanol–water partition coefficient (Wildman–Crippen LogP) is 2.06. The Morgan fingerprint density at radius 3 is 2.80 bits per heavy atom. The van der Waals surface area contributed by atoms with Gasteiger partial charge in [0.2, 0.25) is 5.95 Å². The number of methoxy groups -OCH3 is 1. The molecule has 6 nitrogen and oxygen atoms in total. The number of nitrogens with zero attached hydrogens (tertiary/aromatic N) is 3. The Bertz CT molecular complexity index is 620. The van der Waals surface area contributed by atoms with Crippen LogP contribution in [0.2, 0.25) is 0 Å². The molecule has 106 valence electrons. The highest BCUT2D eigenvalue weighted by atomic mass is 16.5. The first-order valence-corrected chi connectivity index (χ1v) is 6.30. The van der Waals surface area contributed by atoms with Gasteiger partial charge in [0.25, 0.3) is 0 Å². The van der Waals surface area contributed by atoms with Crippen molar-refractivity contribution < 1.29 is 9.47 Å². The first-order valence-electron chi connectivity index (χ1n) is 6.30. The molecule has 0 amide bonds. The molecule has 20 heavy (non-hydrogen) atoms. The van der Waals surface area contributed by atoms with Crippen LogP contribution in [0.15, 0.2) is 29.5 Å². The number of rotatable bonds is 5. The third-order valence-electron chi connectivity index (χ3n) is 2.65. The van der Waals surface area contributed by atoms with Crippen LogP contribution >= 0.6 is 0 Å². The smallest absolute Gasteiger partial charge is 0.221 e. The van der Waals surface area contributed by atoms with Crippen molar-refractivity contribution in [3.8, 4) is 11.5 Å². The van der Waals surface area contributed by atoms with Crippen LogP contribution in [-0.4, -0.2) is 29.6 Å². The molecule has 2 rings (SSSR count). The number of aryl methyl sites for hydroxylation is 1. The van der Waals surface area contributed by atoms with E-state index in [1.54, 1.807) is 19.5 Å². The van der Waals surface area contributed by atoms with Gasteiger partial charge in [0.05, 0.1) is 31.8 Å². The topological polar surface area (TPSA) is 74.7 Å². The summed E-state index contributed by atoms with van der Waals surface area (Å²) in [6.07, 6.45) is 3.46. The predicted molar refractivity (Wildman–Crippen MR) is 78.5 cm³/mol. The highest BCUT2D eigenvalue weighted by Gasteiger charge is 2.04. The molecule has 0 saturated heterocycles. The van der Waals surface area contributed by atoms with Crippen molar-refractivity contribution in [3.05, 3.63) is 35.7 Å². The highest BCUT2D eigenvalue weighted by molar-refractivity contribution is 5.81. The number of nitrogens with two attached hydrogens (primary N) is 1. The van der Waals surface area contributed by atoms with Crippen LogP contribution in [-0.2, 0) is 0 Å². The molecule has 0 bridgehead atoms. The van der Waals surface area contributed by atoms with Crippen LogP contribution in [0.25, 0.3) is 0 Å². The van der Waals surface area contributed by atoms with E-state index in [2.05, 4.69) is 10.1 Å². The van der Waals surface area contributed by atoms with E-state index in [-0.39, 0.29) is 0 Å². The van der Waals surface area contributed by atoms with Crippen LogP contribution in [0.4, 0.5) is 5.95 Å². The van der Waals surface area contributed by atoms with E-state index in [4.69, 9.17) is 15.2 Å². The van der Waals surface area contributed by atoms with Gasteiger partial charge in [0.1, 0.15) is 0 Å². The van der Waals surface area contributed by atoms with Gasteiger partial charge in [-0.3, -0.25) is 0 Å². The van der Waals surface area contributed by atoms with E-state index in [1.807, 2.05) is 32.0 Å². The molecular weight excluding hydrogens is 256 g/mol. The third-order valence-corrected chi connectivity index (χ3v) is 2.65. The number of anilines is 1. The number of nitrogen functional groups attached to an aromatic ring is 1. The van der Waals surface area contributed by atoms with Gasteiger partial charge in [-0.05, 0) is 37.6 Å². The summed E-state index contributed by atoms with van der Waals surface area (Å²) in [4.78, 5) is 4.08. The van der Waals surface area contributed by atoms with Gasteiger partial charge in [0, 0.05) is 0 Å². The van der Waals surface area contributed by atoms with Crippen molar-refractivity contribution in [3.63, 3.8) is 0 Å². The molecule has 0 aliphatic carbocycles. The standard InChI is InChI=1S/C14H18N4O2/c1-4-20-13-7-11(5-6-12(13)19-3)8-16-18-9-10(2)17-14(18)15/h5-9H,4H2,1-3H3,(H2,15,17). The number of aromatic nitrogens is 2. The Morgan fingerprint density at radius 1 is 1.40 bits per heavy atom. The summed E-state index contributed by atoms with van der Waals surface area (Å²) in [5, 5.41) is 4.26. The summed E-state index contributed by atoms with van der Waals surface area (Å²) < 4.78 is 12.3. The lowest BCUT2D eigenvalue weighted by Crippen LogP contribution is -1.98. The fourth-order valence-electron chi connectivity index (χ4n) is 1.77. The molecule has 0 radical (unpaired) electrons. The van der Waals surface area contributed by atoms with Gasteiger partial charge in [-0.25, -0.2) is 9.66 Å². The lowest BCUT2D eigenvalue weighted by Gasteiger charge is -2.09. The van der Waals surface area contributed by atoms with E-state index < -0.39 is 0 Å². The van der Waals surface area contributed by atoms with Gasteiger partial charge >= 0.3 is 0 Å². The van der Waals surface area contributed by atoms with Crippen molar-refractivity contribution in [2.45, 2.75) is 13.8 Å². The quantitative estimate of drug-likeness (QED) is 0.847. The average molecular weight is 274 g/mol. The normalized spacial score (nSPS) is 10.9. The Balaban J connectivity index is 2.25. The lowest BCUT2D eigenvalue weighted by molar-refractivity contribution is 0.311. The zero-order chi connectivity index (χ0) is 14.5. The molecule has 2 aromatic rings.